The van der Waals surface area contributed by atoms with E-state index in [2.05, 4.69) is 4.72 Å². The van der Waals surface area contributed by atoms with Gasteiger partial charge in [-0.25, -0.2) is 13.1 Å². The Kier molecular flexibility index (Phi) is 4.80. The van der Waals surface area contributed by atoms with Gasteiger partial charge in [0.25, 0.3) is 0 Å². The second kappa shape index (κ2) is 6.56. The van der Waals surface area contributed by atoms with E-state index in [-0.39, 0.29) is 15.3 Å². The van der Waals surface area contributed by atoms with Gasteiger partial charge >= 0.3 is 0 Å². The summed E-state index contributed by atoms with van der Waals surface area (Å²) < 4.78 is 32.8. The first-order valence-electron chi connectivity index (χ1n) is 7.46. The Morgan fingerprint density at radius 1 is 1.12 bits per heavy atom. The first-order valence-corrected chi connectivity index (χ1v) is 9.69. The van der Waals surface area contributed by atoms with Crippen LogP contribution in [0.25, 0.3) is 0 Å². The van der Waals surface area contributed by atoms with E-state index in [1.807, 2.05) is 24.3 Å². The van der Waals surface area contributed by atoms with Crippen molar-refractivity contribution in [2.45, 2.75) is 23.2 Å². The lowest BCUT2D eigenvalue weighted by Crippen LogP contribution is -2.32. The van der Waals surface area contributed by atoms with Crippen molar-refractivity contribution in [2.24, 2.45) is 0 Å². The van der Waals surface area contributed by atoms with E-state index in [1.54, 1.807) is 6.07 Å². The zero-order valence-corrected chi connectivity index (χ0v) is 15.4. The quantitative estimate of drug-likeness (QED) is 0.816. The van der Waals surface area contributed by atoms with Gasteiger partial charge in [0, 0.05) is 17.0 Å². The van der Waals surface area contributed by atoms with Crippen molar-refractivity contribution in [2.75, 3.05) is 13.7 Å². The van der Waals surface area contributed by atoms with Gasteiger partial charge < -0.3 is 4.74 Å². The molecule has 1 saturated carbocycles. The number of benzene rings is 2. The average Bonchev–Trinajstić information content (AvgIpc) is 3.35. The summed E-state index contributed by atoms with van der Waals surface area (Å²) in [6.45, 7) is 0.348. The minimum absolute atomic E-state index is 0.125. The van der Waals surface area contributed by atoms with E-state index in [9.17, 15) is 8.42 Å². The maximum atomic E-state index is 12.5. The summed E-state index contributed by atoms with van der Waals surface area (Å²) in [7, 11) is -2.15. The zero-order valence-electron chi connectivity index (χ0n) is 13.1. The van der Waals surface area contributed by atoms with E-state index in [0.29, 0.717) is 17.3 Å². The van der Waals surface area contributed by atoms with Crippen molar-refractivity contribution in [3.05, 3.63) is 58.1 Å². The summed E-state index contributed by atoms with van der Waals surface area (Å²) in [5.41, 5.74) is 0.954. The summed E-state index contributed by atoms with van der Waals surface area (Å²) >= 11 is 11.9. The molecule has 1 aliphatic rings. The Morgan fingerprint density at radius 2 is 1.79 bits per heavy atom. The second-order valence-electron chi connectivity index (χ2n) is 5.91. The lowest BCUT2D eigenvalue weighted by molar-refractivity contribution is 0.414. The minimum Gasteiger partial charge on any atom is -0.495 e. The number of halogens is 2. The van der Waals surface area contributed by atoms with Crippen LogP contribution in [0.4, 0.5) is 0 Å². The predicted molar refractivity (Wildman–Crippen MR) is 95.6 cm³/mol. The molecular formula is C17H17Cl2NO3S. The highest BCUT2D eigenvalue weighted by molar-refractivity contribution is 7.89. The summed E-state index contributed by atoms with van der Waals surface area (Å²) in [6.07, 6.45) is 1.89. The van der Waals surface area contributed by atoms with Crippen LogP contribution in [-0.4, -0.2) is 22.1 Å². The smallest absolute Gasteiger partial charge is 0.240 e. The number of methoxy groups -OCH3 is 1. The Balaban J connectivity index is 1.76. The van der Waals surface area contributed by atoms with Crippen LogP contribution in [0.2, 0.25) is 10.0 Å². The van der Waals surface area contributed by atoms with Gasteiger partial charge in [0.1, 0.15) is 5.75 Å². The van der Waals surface area contributed by atoms with Gasteiger partial charge in [-0.05, 0) is 48.7 Å². The standard InChI is InChI=1S/C17H17Cl2NO3S/c1-23-16-7-6-14(10-15(16)19)24(21,22)20-11-17(8-9-17)12-2-4-13(18)5-3-12/h2-7,10,20H,8-9,11H2,1H3. The third-order valence-electron chi connectivity index (χ3n) is 4.34. The molecule has 0 atom stereocenters. The summed E-state index contributed by atoms with van der Waals surface area (Å²) in [5.74, 6) is 0.440. The first-order chi connectivity index (χ1) is 11.4. The van der Waals surface area contributed by atoms with Crippen LogP contribution in [-0.2, 0) is 15.4 Å². The SMILES string of the molecule is COc1ccc(S(=O)(=O)NCC2(c3ccc(Cl)cc3)CC2)cc1Cl. The van der Waals surface area contributed by atoms with Crippen LogP contribution in [0.15, 0.2) is 47.4 Å². The number of hydrogen-bond acceptors (Lipinski definition) is 3. The van der Waals surface area contributed by atoms with Crippen LogP contribution in [0.3, 0.4) is 0 Å². The molecule has 1 fully saturated rings. The van der Waals surface area contributed by atoms with Crippen LogP contribution in [0, 0.1) is 0 Å². The highest BCUT2D eigenvalue weighted by Crippen LogP contribution is 2.48. The third-order valence-corrected chi connectivity index (χ3v) is 6.29. The number of nitrogens with one attached hydrogen (secondary N) is 1. The predicted octanol–water partition coefficient (Wildman–Crippen LogP) is 4.01. The van der Waals surface area contributed by atoms with Crippen molar-refractivity contribution in [1.82, 2.24) is 4.72 Å². The van der Waals surface area contributed by atoms with E-state index in [0.717, 1.165) is 18.4 Å². The fraction of sp³-hybridized carbons (Fsp3) is 0.294. The van der Waals surface area contributed by atoms with Crippen molar-refractivity contribution in [1.29, 1.82) is 0 Å². The van der Waals surface area contributed by atoms with E-state index in [4.69, 9.17) is 27.9 Å². The van der Waals surface area contributed by atoms with E-state index >= 15 is 0 Å². The summed E-state index contributed by atoms with van der Waals surface area (Å²) in [6, 6.07) is 12.0. The van der Waals surface area contributed by atoms with Gasteiger partial charge in [0.2, 0.25) is 10.0 Å². The molecule has 0 aromatic heterocycles. The molecule has 0 saturated heterocycles. The minimum atomic E-state index is -3.63. The molecule has 7 heteroatoms. The molecule has 0 heterocycles. The highest BCUT2D eigenvalue weighted by atomic mass is 35.5. The summed E-state index contributed by atoms with van der Waals surface area (Å²) in [4.78, 5) is 0.125. The molecule has 3 rings (SSSR count). The number of ether oxygens (including phenoxy) is 1. The zero-order chi connectivity index (χ0) is 17.4. The van der Waals surface area contributed by atoms with E-state index in [1.165, 1.54) is 19.2 Å². The number of hydrogen-bond donors (Lipinski definition) is 1. The molecule has 1 N–H and O–H groups in total. The molecule has 4 nitrogen and oxygen atoms in total. The molecule has 128 valence electrons. The molecule has 0 amide bonds. The molecule has 0 unspecified atom stereocenters. The lowest BCUT2D eigenvalue weighted by atomic mass is 9.96. The van der Waals surface area contributed by atoms with Crippen LogP contribution < -0.4 is 9.46 Å². The van der Waals surface area contributed by atoms with Crippen molar-refractivity contribution < 1.29 is 13.2 Å². The van der Waals surface area contributed by atoms with Gasteiger partial charge in [0.05, 0.1) is 17.0 Å². The molecule has 0 aliphatic heterocycles. The fourth-order valence-electron chi connectivity index (χ4n) is 2.65. The topological polar surface area (TPSA) is 55.4 Å². The Morgan fingerprint density at radius 3 is 2.33 bits per heavy atom. The monoisotopic (exact) mass is 385 g/mol. The van der Waals surface area contributed by atoms with Crippen LogP contribution in [0.5, 0.6) is 5.75 Å². The van der Waals surface area contributed by atoms with Crippen molar-refractivity contribution in [3.63, 3.8) is 0 Å². The molecular weight excluding hydrogens is 369 g/mol. The lowest BCUT2D eigenvalue weighted by Gasteiger charge is -2.17. The molecule has 2 aromatic carbocycles. The first kappa shape index (κ1) is 17.5. The van der Waals surface area contributed by atoms with Crippen molar-refractivity contribution >= 4 is 33.2 Å². The second-order valence-corrected chi connectivity index (χ2v) is 8.52. The average molecular weight is 386 g/mol. The molecule has 1 aliphatic carbocycles. The Bertz CT molecular complexity index is 847. The Hall–Kier alpha value is -1.27. The largest absolute Gasteiger partial charge is 0.495 e. The number of rotatable bonds is 6. The molecule has 24 heavy (non-hydrogen) atoms. The van der Waals surface area contributed by atoms with Gasteiger partial charge in [-0.3, -0.25) is 0 Å². The third kappa shape index (κ3) is 3.54. The maximum Gasteiger partial charge on any atom is 0.240 e. The van der Waals surface area contributed by atoms with E-state index < -0.39 is 10.0 Å². The fourth-order valence-corrected chi connectivity index (χ4v) is 4.25. The maximum absolute atomic E-state index is 12.5. The van der Waals surface area contributed by atoms with Gasteiger partial charge in [0.15, 0.2) is 0 Å². The molecule has 0 spiro atoms. The van der Waals surface area contributed by atoms with Crippen LogP contribution in [0.1, 0.15) is 18.4 Å². The highest BCUT2D eigenvalue weighted by Gasteiger charge is 2.44. The van der Waals surface area contributed by atoms with Crippen LogP contribution >= 0.6 is 23.2 Å². The van der Waals surface area contributed by atoms with Crippen molar-refractivity contribution in [3.8, 4) is 5.75 Å². The molecule has 0 bridgehead atoms. The normalized spacial score (nSPS) is 16.0. The van der Waals surface area contributed by atoms with Gasteiger partial charge in [-0.1, -0.05) is 35.3 Å². The summed E-state index contributed by atoms with van der Waals surface area (Å²) in [5, 5.41) is 0.933. The molecule has 0 radical (unpaired) electrons. The van der Waals surface area contributed by atoms with Gasteiger partial charge in [-0.2, -0.15) is 0 Å². The number of sulfonamides is 1. The Labute approximate surface area is 151 Å². The van der Waals surface area contributed by atoms with Gasteiger partial charge in [-0.15, -0.1) is 0 Å². The molecule has 2 aromatic rings.